The van der Waals surface area contributed by atoms with Gasteiger partial charge in [0, 0.05) is 49.8 Å². The molecule has 1 aromatic heterocycles. The molecule has 4 rings (SSSR count). The number of hydrogen-bond donors (Lipinski definition) is 3. The standard InChI is InChI=1S/C22H25ClF2N6O4S/c1-30-19(22(33)28-14-2-3-17(24)16(23)10-14)12-18(29-36(30,34)35)21(32)27-13-5-8-31(9-6-13)15-4-7-26-20(25)11-15/h2-4,7,10-11,13,18-19,29H,5-6,8-9,12H2,1H3,(H,27,32)(H,28,33). The summed E-state index contributed by atoms with van der Waals surface area (Å²) < 4.78 is 55.2. The van der Waals surface area contributed by atoms with Crippen LogP contribution in [0.3, 0.4) is 0 Å². The number of hydrogen-bond acceptors (Lipinski definition) is 6. The molecule has 1 aromatic carbocycles. The van der Waals surface area contributed by atoms with Gasteiger partial charge in [0.2, 0.25) is 17.8 Å². The van der Waals surface area contributed by atoms with E-state index >= 15 is 0 Å². The number of aromatic nitrogens is 1. The normalized spacial score (nSPS) is 22.7. The monoisotopic (exact) mass is 542 g/mol. The molecule has 2 fully saturated rings. The predicted molar refractivity (Wildman–Crippen MR) is 130 cm³/mol. The summed E-state index contributed by atoms with van der Waals surface area (Å²) >= 11 is 5.75. The maximum absolute atomic E-state index is 13.4. The van der Waals surface area contributed by atoms with Gasteiger partial charge in [-0.1, -0.05) is 11.6 Å². The molecular formula is C22H25ClF2N6O4S. The lowest BCUT2D eigenvalue weighted by Gasteiger charge is -2.37. The van der Waals surface area contributed by atoms with Gasteiger partial charge in [0.25, 0.3) is 10.2 Å². The second-order valence-corrected chi connectivity index (χ2v) is 10.8. The predicted octanol–water partition coefficient (Wildman–Crippen LogP) is 1.64. The molecule has 0 radical (unpaired) electrons. The van der Waals surface area contributed by atoms with Crippen molar-refractivity contribution in [3.63, 3.8) is 0 Å². The quantitative estimate of drug-likeness (QED) is 0.494. The molecule has 2 saturated heterocycles. The Morgan fingerprint density at radius 1 is 1.14 bits per heavy atom. The van der Waals surface area contributed by atoms with E-state index in [4.69, 9.17) is 11.6 Å². The zero-order valence-corrected chi connectivity index (χ0v) is 20.8. The van der Waals surface area contributed by atoms with Gasteiger partial charge in [-0.25, -0.2) is 9.37 Å². The highest BCUT2D eigenvalue weighted by Gasteiger charge is 2.43. The molecule has 0 bridgehead atoms. The van der Waals surface area contributed by atoms with Crippen molar-refractivity contribution in [2.75, 3.05) is 30.4 Å². The molecule has 2 unspecified atom stereocenters. The molecule has 0 saturated carbocycles. The smallest absolute Gasteiger partial charge is 0.280 e. The summed E-state index contributed by atoms with van der Waals surface area (Å²) in [7, 11) is -2.89. The van der Waals surface area contributed by atoms with Crippen molar-refractivity contribution >= 4 is 45.0 Å². The van der Waals surface area contributed by atoms with Crippen LogP contribution in [-0.4, -0.2) is 67.8 Å². The number of halogens is 3. The minimum absolute atomic E-state index is 0.114. The van der Waals surface area contributed by atoms with Crippen LogP contribution < -0.4 is 20.3 Å². The minimum atomic E-state index is -4.12. The van der Waals surface area contributed by atoms with E-state index < -0.39 is 45.9 Å². The minimum Gasteiger partial charge on any atom is -0.371 e. The van der Waals surface area contributed by atoms with E-state index in [1.807, 2.05) is 4.90 Å². The average Bonchev–Trinajstić information content (AvgIpc) is 2.83. The van der Waals surface area contributed by atoms with Gasteiger partial charge in [-0.3, -0.25) is 9.59 Å². The maximum atomic E-state index is 13.4. The van der Waals surface area contributed by atoms with Crippen LogP contribution in [0, 0.1) is 11.8 Å². The summed E-state index contributed by atoms with van der Waals surface area (Å²) in [6.45, 7) is 1.14. The van der Waals surface area contributed by atoms with E-state index in [2.05, 4.69) is 20.3 Å². The zero-order chi connectivity index (χ0) is 26.0. The van der Waals surface area contributed by atoms with Crippen LogP contribution in [-0.2, 0) is 19.8 Å². The Labute approximate surface area is 212 Å². The number of amides is 2. The molecule has 2 aromatic rings. The van der Waals surface area contributed by atoms with Crippen molar-refractivity contribution in [3.8, 4) is 0 Å². The van der Waals surface area contributed by atoms with Crippen molar-refractivity contribution in [2.24, 2.45) is 0 Å². The van der Waals surface area contributed by atoms with E-state index in [9.17, 15) is 26.8 Å². The van der Waals surface area contributed by atoms with Crippen molar-refractivity contribution in [3.05, 3.63) is 53.3 Å². The number of anilines is 2. The molecule has 3 heterocycles. The number of carbonyl (C=O) groups is 2. The molecule has 194 valence electrons. The van der Waals surface area contributed by atoms with Crippen LogP contribution >= 0.6 is 11.6 Å². The molecule has 0 spiro atoms. The lowest BCUT2D eigenvalue weighted by Crippen LogP contribution is -2.63. The highest BCUT2D eigenvalue weighted by molar-refractivity contribution is 7.87. The number of nitrogens with one attached hydrogen (secondary N) is 3. The fraction of sp³-hybridized carbons (Fsp3) is 0.409. The molecule has 10 nitrogen and oxygen atoms in total. The Kier molecular flexibility index (Phi) is 7.73. The van der Waals surface area contributed by atoms with Crippen LogP contribution in [0.5, 0.6) is 0 Å². The van der Waals surface area contributed by atoms with E-state index in [0.29, 0.717) is 31.6 Å². The molecule has 2 aliphatic heterocycles. The second-order valence-electron chi connectivity index (χ2n) is 8.67. The van der Waals surface area contributed by atoms with E-state index in [-0.39, 0.29) is 23.2 Å². The molecule has 36 heavy (non-hydrogen) atoms. The summed E-state index contributed by atoms with van der Waals surface area (Å²) in [6.07, 6.45) is 2.42. The number of rotatable bonds is 5. The summed E-state index contributed by atoms with van der Waals surface area (Å²) in [5.74, 6) is -2.45. The molecule has 3 N–H and O–H groups in total. The third-order valence-electron chi connectivity index (χ3n) is 6.29. The number of nitrogens with zero attached hydrogens (tertiary/aromatic N) is 3. The molecule has 0 aliphatic carbocycles. The summed E-state index contributed by atoms with van der Waals surface area (Å²) in [5.41, 5.74) is 0.893. The van der Waals surface area contributed by atoms with E-state index in [0.717, 1.165) is 10.4 Å². The first kappa shape index (κ1) is 26.2. The fourth-order valence-corrected chi connectivity index (χ4v) is 5.68. The molecule has 2 aliphatic rings. The third kappa shape index (κ3) is 5.91. The molecule has 2 atom stereocenters. The van der Waals surface area contributed by atoms with Gasteiger partial charge in [-0.15, -0.1) is 0 Å². The summed E-state index contributed by atoms with van der Waals surface area (Å²) in [6, 6.07) is 4.08. The molecular weight excluding hydrogens is 518 g/mol. The maximum Gasteiger partial charge on any atom is 0.280 e. The first-order valence-electron chi connectivity index (χ1n) is 11.2. The van der Waals surface area contributed by atoms with Crippen LogP contribution in [0.2, 0.25) is 5.02 Å². The van der Waals surface area contributed by atoms with E-state index in [1.165, 1.54) is 31.4 Å². The van der Waals surface area contributed by atoms with Crippen molar-refractivity contribution in [2.45, 2.75) is 37.4 Å². The first-order valence-corrected chi connectivity index (χ1v) is 13.0. The van der Waals surface area contributed by atoms with Crippen LogP contribution in [0.1, 0.15) is 19.3 Å². The SMILES string of the molecule is CN1C(C(=O)Nc2ccc(F)c(Cl)c2)CC(C(=O)NC2CCN(c3ccnc(F)c3)CC2)NS1(=O)=O. The lowest BCUT2D eigenvalue weighted by molar-refractivity contribution is -0.125. The topological polar surface area (TPSA) is 124 Å². The van der Waals surface area contributed by atoms with Gasteiger partial charge in [0.1, 0.15) is 17.9 Å². The zero-order valence-electron chi connectivity index (χ0n) is 19.2. The van der Waals surface area contributed by atoms with Gasteiger partial charge >= 0.3 is 0 Å². The van der Waals surface area contributed by atoms with Crippen LogP contribution in [0.15, 0.2) is 36.5 Å². The van der Waals surface area contributed by atoms with Gasteiger partial charge < -0.3 is 15.5 Å². The third-order valence-corrected chi connectivity index (χ3v) is 8.18. The molecule has 2 amide bonds. The Morgan fingerprint density at radius 3 is 2.53 bits per heavy atom. The lowest BCUT2D eigenvalue weighted by atomic mass is 10.0. The van der Waals surface area contributed by atoms with E-state index in [1.54, 1.807) is 6.07 Å². The number of pyridine rings is 1. The Balaban J connectivity index is 1.37. The average molecular weight is 543 g/mol. The van der Waals surface area contributed by atoms with Gasteiger partial charge in [0.15, 0.2) is 0 Å². The Hall–Kier alpha value is -2.87. The number of carbonyl (C=O) groups excluding carboxylic acids is 2. The summed E-state index contributed by atoms with van der Waals surface area (Å²) in [5, 5.41) is 5.18. The number of benzene rings is 1. The highest BCUT2D eigenvalue weighted by atomic mass is 35.5. The van der Waals surface area contributed by atoms with Crippen LogP contribution in [0.25, 0.3) is 0 Å². The van der Waals surface area contributed by atoms with Gasteiger partial charge in [-0.2, -0.15) is 21.8 Å². The first-order chi connectivity index (χ1) is 17.0. The largest absolute Gasteiger partial charge is 0.371 e. The fourth-order valence-electron chi connectivity index (χ4n) is 4.26. The number of likely N-dealkylation sites (N-methyl/N-ethyl adjacent to an activating group) is 1. The van der Waals surface area contributed by atoms with Gasteiger partial charge in [0.05, 0.1) is 5.02 Å². The van der Waals surface area contributed by atoms with Crippen molar-refractivity contribution < 1.29 is 26.8 Å². The Morgan fingerprint density at radius 2 is 1.86 bits per heavy atom. The van der Waals surface area contributed by atoms with Crippen molar-refractivity contribution in [1.82, 2.24) is 19.3 Å². The van der Waals surface area contributed by atoms with Crippen molar-refractivity contribution in [1.29, 1.82) is 0 Å². The van der Waals surface area contributed by atoms with Crippen LogP contribution in [0.4, 0.5) is 20.2 Å². The number of piperidine rings is 1. The Bertz CT molecular complexity index is 1260. The second kappa shape index (κ2) is 10.6. The molecule has 14 heteroatoms. The van der Waals surface area contributed by atoms with Gasteiger partial charge in [-0.05, 0) is 43.5 Å². The summed E-state index contributed by atoms with van der Waals surface area (Å²) in [4.78, 5) is 31.3. The highest BCUT2D eigenvalue weighted by Crippen LogP contribution is 2.23.